The van der Waals surface area contributed by atoms with Crippen molar-refractivity contribution in [1.82, 2.24) is 0 Å². The van der Waals surface area contributed by atoms with Crippen molar-refractivity contribution in [3.8, 4) is 0 Å². The van der Waals surface area contributed by atoms with Crippen molar-refractivity contribution in [3.63, 3.8) is 0 Å². The van der Waals surface area contributed by atoms with Crippen molar-refractivity contribution in [2.24, 2.45) is 5.73 Å². The Morgan fingerprint density at radius 2 is 2.43 bits per heavy atom. The van der Waals surface area contributed by atoms with E-state index in [4.69, 9.17) is 5.73 Å². The third-order valence-electron chi connectivity index (χ3n) is 1.60. The van der Waals surface area contributed by atoms with Crippen molar-refractivity contribution in [2.75, 3.05) is 7.11 Å². The molecule has 1 aromatic heterocycles. The van der Waals surface area contributed by atoms with Gasteiger partial charge < -0.3 is 10.5 Å². The number of methoxy groups -OCH3 is 1. The Hall–Kier alpha value is -0.100. The lowest BCUT2D eigenvalue weighted by molar-refractivity contribution is -0.141. The van der Waals surface area contributed by atoms with Gasteiger partial charge in [0.2, 0.25) is 0 Å². The molecule has 1 heterocycles. The van der Waals surface area contributed by atoms with Crippen molar-refractivity contribution in [2.45, 2.75) is 12.5 Å². The molecule has 0 bridgehead atoms. The highest BCUT2D eigenvalue weighted by atomic mass is 79.9. The Bertz CT molecular complexity index is 305. The van der Waals surface area contributed by atoms with Crippen molar-refractivity contribution in [1.29, 1.82) is 0 Å². The first-order valence-electron chi connectivity index (χ1n) is 3.70. The van der Waals surface area contributed by atoms with Gasteiger partial charge in [0, 0.05) is 9.35 Å². The highest BCUT2D eigenvalue weighted by Crippen LogP contribution is 2.29. The highest BCUT2D eigenvalue weighted by molar-refractivity contribution is 9.10. The Morgan fingerprint density at radius 3 is 2.86 bits per heavy atom. The molecule has 80 valence electrons. The number of ether oxygens (including phenoxy) is 1. The maximum atomic E-state index is 10.9. The summed E-state index contributed by atoms with van der Waals surface area (Å²) < 4.78 is 5.48. The van der Waals surface area contributed by atoms with Gasteiger partial charge in [-0.05, 0) is 27.4 Å². The molecule has 0 aromatic carbocycles. The molecule has 1 rings (SSSR count). The van der Waals surface area contributed by atoms with Crippen LogP contribution in [0.15, 0.2) is 15.9 Å². The molecule has 1 atom stereocenters. The number of rotatable bonds is 3. The van der Waals surface area contributed by atoms with E-state index in [-0.39, 0.29) is 30.8 Å². The molecule has 0 amide bonds. The summed E-state index contributed by atoms with van der Waals surface area (Å²) in [6.45, 7) is 0. The molecule has 0 aliphatic rings. The van der Waals surface area contributed by atoms with Crippen LogP contribution in [-0.4, -0.2) is 13.1 Å². The monoisotopic (exact) mass is 299 g/mol. The smallest absolute Gasteiger partial charge is 0.307 e. The Kier molecular flexibility index (Phi) is 6.35. The zero-order valence-electron chi connectivity index (χ0n) is 7.53. The Morgan fingerprint density at radius 1 is 1.79 bits per heavy atom. The second kappa shape index (κ2) is 6.40. The van der Waals surface area contributed by atoms with Gasteiger partial charge in [0.1, 0.15) is 0 Å². The van der Waals surface area contributed by atoms with Crippen LogP contribution in [0.5, 0.6) is 0 Å². The highest BCUT2D eigenvalue weighted by Gasteiger charge is 2.15. The first-order valence-corrected chi connectivity index (χ1v) is 5.37. The topological polar surface area (TPSA) is 52.3 Å². The first kappa shape index (κ1) is 13.9. The largest absolute Gasteiger partial charge is 0.469 e. The zero-order chi connectivity index (χ0) is 9.84. The fraction of sp³-hybridized carbons (Fsp3) is 0.375. The average Bonchev–Trinajstić information content (AvgIpc) is 2.51. The average molecular weight is 301 g/mol. The summed E-state index contributed by atoms with van der Waals surface area (Å²) in [6.07, 6.45) is 0.218. The summed E-state index contributed by atoms with van der Waals surface area (Å²) in [4.78, 5) is 11.9. The first-order chi connectivity index (χ1) is 6.15. The number of thiophene rings is 1. The summed E-state index contributed by atoms with van der Waals surface area (Å²) in [6, 6.07) is 1.64. The maximum Gasteiger partial charge on any atom is 0.307 e. The third-order valence-corrected chi connectivity index (χ3v) is 3.60. The van der Waals surface area contributed by atoms with Crippen LogP contribution in [0.3, 0.4) is 0 Å². The normalized spacial score (nSPS) is 11.6. The van der Waals surface area contributed by atoms with Crippen molar-refractivity contribution in [3.05, 3.63) is 20.8 Å². The quantitative estimate of drug-likeness (QED) is 0.873. The summed E-state index contributed by atoms with van der Waals surface area (Å²) in [5.41, 5.74) is 5.80. The van der Waals surface area contributed by atoms with Crippen LogP contribution < -0.4 is 5.73 Å². The summed E-state index contributed by atoms with van der Waals surface area (Å²) in [5, 5.41) is 1.93. The number of carbonyl (C=O) groups is 1. The third kappa shape index (κ3) is 3.57. The van der Waals surface area contributed by atoms with Crippen LogP contribution in [0.1, 0.15) is 17.3 Å². The van der Waals surface area contributed by atoms with Crippen LogP contribution in [0.4, 0.5) is 0 Å². The number of esters is 1. The van der Waals surface area contributed by atoms with Gasteiger partial charge in [-0.15, -0.1) is 23.7 Å². The minimum absolute atomic E-state index is 0. The van der Waals surface area contributed by atoms with E-state index in [1.165, 1.54) is 18.4 Å². The zero-order valence-corrected chi connectivity index (χ0v) is 10.7. The van der Waals surface area contributed by atoms with Crippen LogP contribution >= 0.6 is 39.7 Å². The molecule has 14 heavy (non-hydrogen) atoms. The maximum absolute atomic E-state index is 10.9. The van der Waals surface area contributed by atoms with Crippen LogP contribution in [-0.2, 0) is 9.53 Å². The van der Waals surface area contributed by atoms with Crippen molar-refractivity contribution >= 4 is 45.6 Å². The van der Waals surface area contributed by atoms with Gasteiger partial charge in [0.25, 0.3) is 0 Å². The van der Waals surface area contributed by atoms with Gasteiger partial charge in [-0.2, -0.15) is 0 Å². The molecule has 2 N–H and O–H groups in total. The minimum atomic E-state index is -0.284. The van der Waals surface area contributed by atoms with Crippen LogP contribution in [0.2, 0.25) is 0 Å². The van der Waals surface area contributed by atoms with E-state index in [9.17, 15) is 4.79 Å². The van der Waals surface area contributed by atoms with Gasteiger partial charge in [0.05, 0.1) is 19.6 Å². The van der Waals surface area contributed by atoms with Gasteiger partial charge in [-0.3, -0.25) is 4.79 Å². The lowest BCUT2D eigenvalue weighted by Crippen LogP contribution is -2.15. The van der Waals surface area contributed by atoms with Crippen LogP contribution in [0.25, 0.3) is 0 Å². The second-order valence-corrected chi connectivity index (χ2v) is 4.32. The van der Waals surface area contributed by atoms with Gasteiger partial charge in [-0.1, -0.05) is 0 Å². The lowest BCUT2D eigenvalue weighted by Gasteiger charge is -2.08. The van der Waals surface area contributed by atoms with E-state index in [0.717, 1.165) is 9.35 Å². The molecular weight excluding hydrogens is 290 g/mol. The van der Waals surface area contributed by atoms with E-state index in [1.54, 1.807) is 0 Å². The molecule has 0 fully saturated rings. The molecule has 0 aliphatic heterocycles. The van der Waals surface area contributed by atoms with Gasteiger partial charge >= 0.3 is 5.97 Å². The Labute approximate surface area is 101 Å². The van der Waals surface area contributed by atoms with Gasteiger partial charge in [-0.25, -0.2) is 0 Å². The summed E-state index contributed by atoms with van der Waals surface area (Å²) >= 11 is 4.89. The SMILES string of the molecule is COC(=O)C[C@H](N)c1sccc1Br.Cl. The van der Waals surface area contributed by atoms with Crippen molar-refractivity contribution < 1.29 is 9.53 Å². The number of hydrogen-bond donors (Lipinski definition) is 1. The van der Waals surface area contributed by atoms with E-state index >= 15 is 0 Å². The Balaban J connectivity index is 0.00000169. The molecule has 0 unspecified atom stereocenters. The standard InChI is InChI=1S/C8H10BrNO2S.ClH/c1-12-7(11)4-6(10)8-5(9)2-3-13-8;/h2-3,6H,4,10H2,1H3;1H/t6-;/m0./s1. The number of carbonyl (C=O) groups excluding carboxylic acids is 1. The molecular formula is C8H11BrClNO2S. The predicted molar refractivity (Wildman–Crippen MR) is 62.8 cm³/mol. The molecule has 0 saturated carbocycles. The summed E-state index contributed by atoms with van der Waals surface area (Å²) in [5.74, 6) is -0.284. The van der Waals surface area contributed by atoms with E-state index in [1.807, 2.05) is 11.4 Å². The van der Waals surface area contributed by atoms with E-state index in [0.29, 0.717) is 0 Å². The van der Waals surface area contributed by atoms with Crippen LogP contribution in [0, 0.1) is 0 Å². The predicted octanol–water partition coefficient (Wildman–Crippen LogP) is 2.50. The second-order valence-electron chi connectivity index (χ2n) is 2.52. The molecule has 0 spiro atoms. The fourth-order valence-corrected chi connectivity index (χ4v) is 2.60. The number of halogens is 2. The van der Waals surface area contributed by atoms with E-state index < -0.39 is 0 Å². The molecule has 0 aliphatic carbocycles. The summed E-state index contributed by atoms with van der Waals surface area (Å²) in [7, 11) is 1.36. The number of hydrogen-bond acceptors (Lipinski definition) is 4. The number of nitrogens with two attached hydrogens (primary N) is 1. The molecule has 0 saturated heterocycles. The fourth-order valence-electron chi connectivity index (χ4n) is 0.926. The van der Waals surface area contributed by atoms with E-state index in [2.05, 4.69) is 20.7 Å². The lowest BCUT2D eigenvalue weighted by atomic mass is 10.2. The minimum Gasteiger partial charge on any atom is -0.469 e. The molecule has 3 nitrogen and oxygen atoms in total. The molecule has 6 heteroatoms. The van der Waals surface area contributed by atoms with Gasteiger partial charge in [0.15, 0.2) is 0 Å². The molecule has 1 aromatic rings. The molecule has 0 radical (unpaired) electrons.